The van der Waals surface area contributed by atoms with Gasteiger partial charge in [-0.15, -0.1) is 0 Å². The van der Waals surface area contributed by atoms with Crippen molar-refractivity contribution in [2.45, 2.75) is 50.6 Å². The number of aromatic nitrogens is 3. The smallest absolute Gasteiger partial charge is 0.224 e. The fraction of sp³-hybridized carbons (Fsp3) is 0.387. The standard InChI is InChI=1S/C31H37N5O2/c1-38-19-5-18-36-29-8-3-2-7-28(29)34-31(36)26-6-4-17-35(22-26)30(37)21-27(32)20-23-9-11-24(12-10-23)25-13-15-33-16-14-25/h2-3,7-16,26-27H,4-6,17-22,32H2,1H3/t26-,27-/m1/s1. The van der Waals surface area contributed by atoms with E-state index < -0.39 is 0 Å². The molecule has 2 aromatic carbocycles. The number of pyridine rings is 1. The van der Waals surface area contributed by atoms with Crippen molar-refractivity contribution in [2.24, 2.45) is 5.73 Å². The van der Waals surface area contributed by atoms with Crippen LogP contribution in [0.15, 0.2) is 73.1 Å². The highest BCUT2D eigenvalue weighted by atomic mass is 16.5. The molecule has 2 N–H and O–H groups in total. The van der Waals surface area contributed by atoms with E-state index in [2.05, 4.69) is 52.0 Å². The van der Waals surface area contributed by atoms with Crippen LogP contribution in [0, 0.1) is 0 Å². The van der Waals surface area contributed by atoms with E-state index in [9.17, 15) is 4.79 Å². The topological polar surface area (TPSA) is 86.3 Å². The number of likely N-dealkylation sites (tertiary alicyclic amines) is 1. The van der Waals surface area contributed by atoms with Gasteiger partial charge in [0, 0.05) is 64.1 Å². The molecule has 1 aliphatic heterocycles. The molecule has 1 saturated heterocycles. The Balaban J connectivity index is 1.21. The molecule has 1 amide bonds. The average Bonchev–Trinajstić information content (AvgIpc) is 3.33. The van der Waals surface area contributed by atoms with E-state index >= 15 is 0 Å². The number of benzene rings is 2. The number of aryl methyl sites for hydroxylation is 1. The second-order valence-electron chi connectivity index (χ2n) is 10.2. The number of carbonyl (C=O) groups excluding carboxylic acids is 1. The molecule has 1 aliphatic rings. The van der Waals surface area contributed by atoms with Gasteiger partial charge in [0.15, 0.2) is 0 Å². The Morgan fingerprint density at radius 2 is 1.84 bits per heavy atom. The molecule has 3 heterocycles. The number of carbonyl (C=O) groups is 1. The van der Waals surface area contributed by atoms with E-state index in [4.69, 9.17) is 15.5 Å². The largest absolute Gasteiger partial charge is 0.385 e. The Morgan fingerprint density at radius 1 is 1.08 bits per heavy atom. The maximum atomic E-state index is 13.3. The molecule has 198 valence electrons. The normalized spacial score (nSPS) is 16.6. The highest BCUT2D eigenvalue weighted by molar-refractivity contribution is 5.78. The number of imidazole rings is 1. The third-order valence-corrected chi connectivity index (χ3v) is 7.46. The number of para-hydroxylation sites is 2. The van der Waals surface area contributed by atoms with Gasteiger partial charge < -0.3 is 19.9 Å². The number of rotatable bonds is 10. The number of hydrogen-bond acceptors (Lipinski definition) is 5. The van der Waals surface area contributed by atoms with Crippen LogP contribution in [-0.2, 0) is 22.5 Å². The van der Waals surface area contributed by atoms with Crippen molar-refractivity contribution in [3.63, 3.8) is 0 Å². The minimum Gasteiger partial charge on any atom is -0.385 e. The van der Waals surface area contributed by atoms with Gasteiger partial charge in [0.1, 0.15) is 5.82 Å². The van der Waals surface area contributed by atoms with Gasteiger partial charge in [0.2, 0.25) is 5.91 Å². The van der Waals surface area contributed by atoms with Crippen LogP contribution in [0.5, 0.6) is 0 Å². The molecule has 5 rings (SSSR count). The van der Waals surface area contributed by atoms with E-state index in [1.165, 1.54) is 0 Å². The van der Waals surface area contributed by atoms with Gasteiger partial charge in [-0.25, -0.2) is 4.98 Å². The van der Waals surface area contributed by atoms with Crippen molar-refractivity contribution in [3.8, 4) is 11.1 Å². The Kier molecular flexibility index (Phi) is 8.46. The van der Waals surface area contributed by atoms with Crippen molar-refractivity contribution in [1.82, 2.24) is 19.4 Å². The minimum atomic E-state index is -0.215. The van der Waals surface area contributed by atoms with Crippen LogP contribution < -0.4 is 5.73 Å². The molecule has 1 fully saturated rings. The number of methoxy groups -OCH3 is 1. The summed E-state index contributed by atoms with van der Waals surface area (Å²) in [7, 11) is 1.74. The highest BCUT2D eigenvalue weighted by Gasteiger charge is 2.29. The second kappa shape index (κ2) is 12.3. The zero-order chi connectivity index (χ0) is 26.3. The van der Waals surface area contributed by atoms with Crippen molar-refractivity contribution >= 4 is 16.9 Å². The molecule has 0 bridgehead atoms. The van der Waals surface area contributed by atoms with E-state index in [0.29, 0.717) is 26.0 Å². The fourth-order valence-electron chi connectivity index (χ4n) is 5.53. The van der Waals surface area contributed by atoms with Crippen LogP contribution in [0.3, 0.4) is 0 Å². The summed E-state index contributed by atoms with van der Waals surface area (Å²) in [6.45, 7) is 3.05. The number of nitrogens with two attached hydrogens (primary N) is 1. The Labute approximate surface area is 224 Å². The minimum absolute atomic E-state index is 0.137. The molecular weight excluding hydrogens is 474 g/mol. The Bertz CT molecular complexity index is 1340. The Hall–Kier alpha value is -3.55. The van der Waals surface area contributed by atoms with E-state index in [1.54, 1.807) is 19.5 Å². The number of nitrogens with zero attached hydrogens (tertiary/aromatic N) is 4. The SMILES string of the molecule is COCCCn1c([C@@H]2CCCN(C(=O)C[C@H](N)Cc3ccc(-c4ccncc4)cc3)C2)nc2ccccc21. The fourth-order valence-corrected chi connectivity index (χ4v) is 5.53. The molecule has 2 aromatic heterocycles. The maximum absolute atomic E-state index is 13.3. The highest BCUT2D eigenvalue weighted by Crippen LogP contribution is 2.30. The van der Waals surface area contributed by atoms with Crippen molar-refractivity contribution in [3.05, 3.63) is 84.4 Å². The first-order valence-electron chi connectivity index (χ1n) is 13.6. The summed E-state index contributed by atoms with van der Waals surface area (Å²) in [4.78, 5) is 24.4. The predicted molar refractivity (Wildman–Crippen MR) is 151 cm³/mol. The molecule has 4 aromatic rings. The summed E-state index contributed by atoms with van der Waals surface area (Å²) in [5.74, 6) is 1.44. The predicted octanol–water partition coefficient (Wildman–Crippen LogP) is 4.80. The third kappa shape index (κ3) is 6.11. The average molecular weight is 512 g/mol. The molecule has 0 radical (unpaired) electrons. The maximum Gasteiger partial charge on any atom is 0.224 e. The quantitative estimate of drug-likeness (QED) is 0.309. The van der Waals surface area contributed by atoms with Gasteiger partial charge in [-0.1, -0.05) is 36.4 Å². The molecule has 0 spiro atoms. The zero-order valence-corrected chi connectivity index (χ0v) is 22.1. The summed E-state index contributed by atoms with van der Waals surface area (Å²) in [5, 5.41) is 0. The van der Waals surface area contributed by atoms with Crippen LogP contribution in [0.4, 0.5) is 0 Å². The van der Waals surface area contributed by atoms with Crippen LogP contribution in [-0.4, -0.2) is 58.2 Å². The molecule has 7 nitrogen and oxygen atoms in total. The zero-order valence-electron chi connectivity index (χ0n) is 22.1. The van der Waals surface area contributed by atoms with Gasteiger partial charge >= 0.3 is 0 Å². The van der Waals surface area contributed by atoms with E-state index in [-0.39, 0.29) is 17.9 Å². The lowest BCUT2D eigenvalue weighted by Gasteiger charge is -2.33. The first-order chi connectivity index (χ1) is 18.6. The second-order valence-corrected chi connectivity index (χ2v) is 10.2. The number of fused-ring (bicyclic) bond motifs is 1. The number of piperidine rings is 1. The monoisotopic (exact) mass is 511 g/mol. The number of hydrogen-bond donors (Lipinski definition) is 1. The van der Waals surface area contributed by atoms with Crippen LogP contribution >= 0.6 is 0 Å². The molecule has 2 atom stereocenters. The number of ether oxygens (including phenoxy) is 1. The van der Waals surface area contributed by atoms with Gasteiger partial charge in [0.25, 0.3) is 0 Å². The van der Waals surface area contributed by atoms with Crippen molar-refractivity contribution < 1.29 is 9.53 Å². The first kappa shape index (κ1) is 26.1. The third-order valence-electron chi connectivity index (χ3n) is 7.46. The molecule has 0 unspecified atom stereocenters. The van der Waals surface area contributed by atoms with Crippen LogP contribution in [0.1, 0.15) is 43.0 Å². The summed E-state index contributed by atoms with van der Waals surface area (Å²) in [5.41, 5.74) is 12.1. The summed E-state index contributed by atoms with van der Waals surface area (Å²) in [6, 6.07) is 20.5. The van der Waals surface area contributed by atoms with Crippen molar-refractivity contribution in [2.75, 3.05) is 26.8 Å². The van der Waals surface area contributed by atoms with E-state index in [0.717, 1.165) is 65.9 Å². The van der Waals surface area contributed by atoms with Crippen LogP contribution in [0.25, 0.3) is 22.2 Å². The van der Waals surface area contributed by atoms with Gasteiger partial charge in [0.05, 0.1) is 11.0 Å². The molecule has 7 heteroatoms. The first-order valence-corrected chi connectivity index (χ1v) is 13.6. The van der Waals surface area contributed by atoms with Crippen LogP contribution in [0.2, 0.25) is 0 Å². The van der Waals surface area contributed by atoms with Gasteiger partial charge in [-0.2, -0.15) is 0 Å². The molecular formula is C31H37N5O2. The molecule has 38 heavy (non-hydrogen) atoms. The van der Waals surface area contributed by atoms with Crippen molar-refractivity contribution in [1.29, 1.82) is 0 Å². The lowest BCUT2D eigenvalue weighted by atomic mass is 9.95. The summed E-state index contributed by atoms with van der Waals surface area (Å²) in [6.07, 6.45) is 7.56. The summed E-state index contributed by atoms with van der Waals surface area (Å²) < 4.78 is 7.62. The number of amides is 1. The Morgan fingerprint density at radius 3 is 2.63 bits per heavy atom. The lowest BCUT2D eigenvalue weighted by Crippen LogP contribution is -2.42. The summed E-state index contributed by atoms with van der Waals surface area (Å²) >= 11 is 0. The van der Waals surface area contributed by atoms with Gasteiger partial charge in [-0.3, -0.25) is 9.78 Å². The molecule has 0 aliphatic carbocycles. The van der Waals surface area contributed by atoms with Gasteiger partial charge in [-0.05, 0) is 66.6 Å². The molecule has 0 saturated carbocycles. The lowest BCUT2D eigenvalue weighted by molar-refractivity contribution is -0.132. The van der Waals surface area contributed by atoms with E-state index in [1.807, 2.05) is 23.1 Å².